The molecule has 5 nitrogen and oxygen atoms in total. The Hall–Kier alpha value is -1.89. The van der Waals surface area contributed by atoms with Gasteiger partial charge in [-0.1, -0.05) is 41.9 Å². The molecule has 3 rings (SSSR count). The van der Waals surface area contributed by atoms with Crippen LogP contribution in [0.2, 0.25) is 5.02 Å². The second kappa shape index (κ2) is 7.15. The second-order valence-corrected chi connectivity index (χ2v) is 8.07. The number of carbonyl (C=O) groups excluding carboxylic acids is 1. The van der Waals surface area contributed by atoms with Crippen LogP contribution in [0.15, 0.2) is 59.5 Å². The average Bonchev–Trinajstić information content (AvgIpc) is 2.55. The molecule has 1 heterocycles. The predicted octanol–water partition coefficient (Wildman–Crippen LogP) is 3.06. The molecule has 0 amide bonds. The molecule has 132 valence electrons. The lowest BCUT2D eigenvalue weighted by atomic mass is 9.85. The van der Waals surface area contributed by atoms with Crippen molar-refractivity contribution in [3.05, 3.63) is 65.2 Å². The number of benzene rings is 2. The molecule has 0 N–H and O–H groups in total. The van der Waals surface area contributed by atoms with Crippen LogP contribution < -0.4 is 0 Å². The van der Waals surface area contributed by atoms with Crippen molar-refractivity contribution in [1.82, 2.24) is 4.31 Å². The molecule has 0 aliphatic carbocycles. The molecular weight excluding hydrogens is 362 g/mol. The zero-order chi connectivity index (χ0) is 18.0. The zero-order valence-corrected chi connectivity index (χ0v) is 15.2. The largest absolute Gasteiger partial charge is 0.465 e. The van der Waals surface area contributed by atoms with Gasteiger partial charge in [-0.05, 0) is 36.8 Å². The molecule has 0 radical (unpaired) electrons. The minimum absolute atomic E-state index is 0.109. The van der Waals surface area contributed by atoms with E-state index in [1.54, 1.807) is 6.92 Å². The first-order valence-corrected chi connectivity index (χ1v) is 9.76. The fourth-order valence-corrected chi connectivity index (χ4v) is 4.72. The van der Waals surface area contributed by atoms with Crippen molar-refractivity contribution in [3.8, 4) is 0 Å². The molecule has 0 unspecified atom stereocenters. The van der Waals surface area contributed by atoms with Gasteiger partial charge in [0.05, 0.1) is 11.5 Å². The van der Waals surface area contributed by atoms with Gasteiger partial charge < -0.3 is 4.74 Å². The van der Waals surface area contributed by atoms with Crippen molar-refractivity contribution >= 4 is 27.6 Å². The van der Waals surface area contributed by atoms with Gasteiger partial charge >= 0.3 is 5.97 Å². The van der Waals surface area contributed by atoms with Crippen LogP contribution in [0.5, 0.6) is 0 Å². The van der Waals surface area contributed by atoms with Crippen LogP contribution in [0.25, 0.3) is 0 Å². The maximum Gasteiger partial charge on any atom is 0.325 e. The molecule has 7 heteroatoms. The summed E-state index contributed by atoms with van der Waals surface area (Å²) in [7, 11) is -3.80. The zero-order valence-electron chi connectivity index (χ0n) is 13.6. The number of esters is 1. The Kier molecular flexibility index (Phi) is 5.13. The maximum absolute atomic E-state index is 12.9. The van der Waals surface area contributed by atoms with Gasteiger partial charge in [-0.25, -0.2) is 8.42 Å². The van der Waals surface area contributed by atoms with Gasteiger partial charge in [-0.3, -0.25) is 4.79 Å². The highest BCUT2D eigenvalue weighted by Crippen LogP contribution is 2.39. The van der Waals surface area contributed by atoms with Gasteiger partial charge in [0.15, 0.2) is 0 Å². The summed E-state index contributed by atoms with van der Waals surface area (Å²) >= 11 is 5.83. The van der Waals surface area contributed by atoms with E-state index in [1.807, 2.05) is 30.3 Å². The van der Waals surface area contributed by atoms with Gasteiger partial charge in [0.2, 0.25) is 10.0 Å². The lowest BCUT2D eigenvalue weighted by Crippen LogP contribution is -2.61. The summed E-state index contributed by atoms with van der Waals surface area (Å²) in [6.07, 6.45) is 0. The molecule has 1 aliphatic rings. The number of hydrogen-bond acceptors (Lipinski definition) is 4. The van der Waals surface area contributed by atoms with Crippen molar-refractivity contribution in [3.63, 3.8) is 0 Å². The van der Waals surface area contributed by atoms with E-state index >= 15 is 0 Å². The van der Waals surface area contributed by atoms with E-state index in [2.05, 4.69) is 0 Å². The quantitative estimate of drug-likeness (QED) is 0.749. The molecule has 2 aromatic rings. The van der Waals surface area contributed by atoms with E-state index < -0.39 is 22.0 Å². The molecule has 2 aromatic carbocycles. The molecule has 0 spiro atoms. The summed E-state index contributed by atoms with van der Waals surface area (Å²) < 4.78 is 32.1. The van der Waals surface area contributed by atoms with E-state index in [9.17, 15) is 13.2 Å². The number of sulfonamides is 1. The average molecular weight is 380 g/mol. The number of halogens is 1. The van der Waals surface area contributed by atoms with Crippen molar-refractivity contribution in [2.24, 2.45) is 0 Å². The molecule has 0 aromatic heterocycles. The SMILES string of the molecule is CCOC(=O)[C@@H]1[C@@H](c2ccccc2)CN1S(=O)(=O)c1ccc(Cl)cc1. The third-order valence-electron chi connectivity index (χ3n) is 4.24. The lowest BCUT2D eigenvalue weighted by molar-refractivity contribution is -0.152. The van der Waals surface area contributed by atoms with Crippen LogP contribution >= 0.6 is 11.6 Å². The first-order chi connectivity index (χ1) is 11.9. The van der Waals surface area contributed by atoms with E-state index in [-0.39, 0.29) is 24.0 Å². The number of nitrogens with zero attached hydrogens (tertiary/aromatic N) is 1. The molecule has 2 atom stereocenters. The monoisotopic (exact) mass is 379 g/mol. The van der Waals surface area contributed by atoms with Gasteiger partial charge in [-0.2, -0.15) is 4.31 Å². The molecule has 25 heavy (non-hydrogen) atoms. The van der Waals surface area contributed by atoms with Gasteiger partial charge in [0.25, 0.3) is 0 Å². The maximum atomic E-state index is 12.9. The Morgan fingerprint density at radius 3 is 2.40 bits per heavy atom. The predicted molar refractivity (Wildman–Crippen MR) is 94.9 cm³/mol. The third kappa shape index (κ3) is 3.42. The number of rotatable bonds is 5. The molecule has 0 bridgehead atoms. The van der Waals surface area contributed by atoms with E-state index in [0.29, 0.717) is 5.02 Å². The van der Waals surface area contributed by atoms with E-state index in [1.165, 1.54) is 28.6 Å². The topological polar surface area (TPSA) is 63.7 Å². The summed E-state index contributed by atoms with van der Waals surface area (Å²) in [5.41, 5.74) is 0.920. The van der Waals surface area contributed by atoms with Crippen LogP contribution in [-0.2, 0) is 19.6 Å². The highest BCUT2D eigenvalue weighted by atomic mass is 35.5. The van der Waals surface area contributed by atoms with Gasteiger partial charge in [-0.15, -0.1) is 0 Å². The third-order valence-corrected chi connectivity index (χ3v) is 6.36. The summed E-state index contributed by atoms with van der Waals surface area (Å²) in [6, 6.07) is 14.5. The molecule has 1 saturated heterocycles. The normalized spacial score (nSPS) is 20.7. The Morgan fingerprint density at radius 2 is 1.80 bits per heavy atom. The summed E-state index contributed by atoms with van der Waals surface area (Å²) in [5.74, 6) is -0.748. The number of hydrogen-bond donors (Lipinski definition) is 0. The molecule has 0 saturated carbocycles. The minimum atomic E-state index is -3.80. The number of ether oxygens (including phenoxy) is 1. The van der Waals surface area contributed by atoms with Crippen molar-refractivity contribution in [1.29, 1.82) is 0 Å². The summed E-state index contributed by atoms with van der Waals surface area (Å²) in [6.45, 7) is 2.14. The highest BCUT2D eigenvalue weighted by Gasteiger charge is 2.51. The fourth-order valence-electron chi connectivity index (χ4n) is 2.96. The van der Waals surface area contributed by atoms with Crippen LogP contribution in [-0.4, -0.2) is 37.9 Å². The standard InChI is InChI=1S/C18H18ClNO4S/c1-2-24-18(21)17-16(13-6-4-3-5-7-13)12-20(17)25(22,23)15-10-8-14(19)9-11-15/h3-11,16-17H,2,12H2,1H3/t16-,17+/m1/s1. The summed E-state index contributed by atoms with van der Waals surface area (Å²) in [4.78, 5) is 12.5. The first-order valence-electron chi connectivity index (χ1n) is 7.94. The molecular formula is C18H18ClNO4S. The lowest BCUT2D eigenvalue weighted by Gasteiger charge is -2.45. The van der Waals surface area contributed by atoms with Crippen LogP contribution in [0.4, 0.5) is 0 Å². The Balaban J connectivity index is 1.93. The first kappa shape index (κ1) is 17.9. The van der Waals surface area contributed by atoms with Crippen molar-refractivity contribution in [2.45, 2.75) is 23.8 Å². The van der Waals surface area contributed by atoms with Crippen LogP contribution in [0.1, 0.15) is 18.4 Å². The van der Waals surface area contributed by atoms with Crippen LogP contribution in [0.3, 0.4) is 0 Å². The summed E-state index contributed by atoms with van der Waals surface area (Å²) in [5, 5.41) is 0.451. The number of carbonyl (C=O) groups is 1. The second-order valence-electron chi connectivity index (χ2n) is 5.74. The van der Waals surface area contributed by atoms with Crippen molar-refractivity contribution in [2.75, 3.05) is 13.2 Å². The minimum Gasteiger partial charge on any atom is -0.465 e. The Morgan fingerprint density at radius 1 is 1.16 bits per heavy atom. The van der Waals surface area contributed by atoms with Gasteiger partial charge in [0, 0.05) is 17.5 Å². The van der Waals surface area contributed by atoms with Gasteiger partial charge in [0.1, 0.15) is 6.04 Å². The fraction of sp³-hybridized carbons (Fsp3) is 0.278. The Labute approximate surface area is 152 Å². The molecule has 1 aliphatic heterocycles. The molecule has 1 fully saturated rings. The smallest absolute Gasteiger partial charge is 0.325 e. The Bertz CT molecular complexity index is 852. The van der Waals surface area contributed by atoms with Crippen LogP contribution in [0, 0.1) is 0 Å². The van der Waals surface area contributed by atoms with E-state index in [4.69, 9.17) is 16.3 Å². The van der Waals surface area contributed by atoms with Crippen molar-refractivity contribution < 1.29 is 17.9 Å². The highest BCUT2D eigenvalue weighted by molar-refractivity contribution is 7.89. The van der Waals surface area contributed by atoms with E-state index in [0.717, 1.165) is 5.56 Å².